The average molecular weight is 393 g/mol. The van der Waals surface area contributed by atoms with Gasteiger partial charge in [0.15, 0.2) is 6.04 Å². The quantitative estimate of drug-likeness (QED) is 0.797. The number of benzene rings is 1. The number of aromatic nitrogens is 1. The Morgan fingerprint density at radius 1 is 1.14 bits per heavy atom. The number of rotatable bonds is 4. The van der Waals surface area contributed by atoms with E-state index in [9.17, 15) is 4.79 Å². The normalized spacial score (nSPS) is 22.5. The van der Waals surface area contributed by atoms with Crippen LogP contribution in [-0.2, 0) is 4.79 Å². The van der Waals surface area contributed by atoms with Crippen molar-refractivity contribution in [3.8, 4) is 5.88 Å². The first-order valence-corrected chi connectivity index (χ1v) is 9.98. The molecule has 29 heavy (non-hydrogen) atoms. The van der Waals surface area contributed by atoms with Crippen LogP contribution in [0.25, 0.3) is 0 Å². The fraction of sp³-hybridized carbons (Fsp3) is 0.409. The Kier molecular flexibility index (Phi) is 5.49. The van der Waals surface area contributed by atoms with Gasteiger partial charge < -0.3 is 14.5 Å². The van der Waals surface area contributed by atoms with Crippen molar-refractivity contribution in [2.24, 2.45) is 4.99 Å². The lowest BCUT2D eigenvalue weighted by molar-refractivity contribution is -0.136. The van der Waals surface area contributed by atoms with Gasteiger partial charge >= 0.3 is 0 Å². The molecular formula is C22H27N5O2. The Labute approximate surface area is 171 Å². The maximum absolute atomic E-state index is 13.3. The molecule has 2 unspecified atom stereocenters. The number of aliphatic imine (C=N–C) groups is 1. The van der Waals surface area contributed by atoms with Crippen LogP contribution in [0, 0.1) is 0 Å². The fourth-order valence-electron chi connectivity index (χ4n) is 4.02. The van der Waals surface area contributed by atoms with Crippen LogP contribution in [0.1, 0.15) is 18.9 Å². The zero-order valence-electron chi connectivity index (χ0n) is 17.2. The van der Waals surface area contributed by atoms with E-state index in [1.165, 1.54) is 0 Å². The molecule has 7 heteroatoms. The average Bonchev–Trinajstić information content (AvgIpc) is 3.11. The first-order chi connectivity index (χ1) is 14.1. The molecule has 0 saturated carbocycles. The molecule has 1 amide bonds. The van der Waals surface area contributed by atoms with Crippen molar-refractivity contribution in [1.82, 2.24) is 14.8 Å². The van der Waals surface area contributed by atoms with Crippen LogP contribution < -0.4 is 9.64 Å². The molecule has 7 nitrogen and oxygen atoms in total. The van der Waals surface area contributed by atoms with Crippen molar-refractivity contribution in [2.45, 2.75) is 25.4 Å². The lowest BCUT2D eigenvalue weighted by Gasteiger charge is -2.35. The number of pyridine rings is 1. The van der Waals surface area contributed by atoms with E-state index in [2.05, 4.69) is 21.7 Å². The van der Waals surface area contributed by atoms with E-state index in [0.29, 0.717) is 12.5 Å². The summed E-state index contributed by atoms with van der Waals surface area (Å²) in [5.74, 6) is 1.40. The largest absolute Gasteiger partial charge is 0.481 e. The molecule has 1 aromatic heterocycles. The lowest BCUT2D eigenvalue weighted by Crippen LogP contribution is -2.52. The molecule has 1 aromatic carbocycles. The van der Waals surface area contributed by atoms with Crippen LogP contribution in [0.2, 0.25) is 0 Å². The third-order valence-corrected chi connectivity index (χ3v) is 5.54. The number of carbonyl (C=O) groups excluding carboxylic acids is 1. The van der Waals surface area contributed by atoms with E-state index in [-0.39, 0.29) is 11.9 Å². The molecule has 2 aliphatic heterocycles. The molecule has 2 atom stereocenters. The minimum atomic E-state index is -0.446. The summed E-state index contributed by atoms with van der Waals surface area (Å²) in [4.78, 5) is 28.8. The molecule has 2 aliphatic rings. The van der Waals surface area contributed by atoms with Crippen LogP contribution in [0.5, 0.6) is 5.88 Å². The highest BCUT2D eigenvalue weighted by molar-refractivity contribution is 6.13. The lowest BCUT2D eigenvalue weighted by atomic mass is 10.1. The number of ether oxygens (including phenoxy) is 1. The van der Waals surface area contributed by atoms with Crippen LogP contribution >= 0.6 is 0 Å². The molecule has 3 heterocycles. The summed E-state index contributed by atoms with van der Waals surface area (Å²) in [5.41, 5.74) is 1.88. The van der Waals surface area contributed by atoms with E-state index < -0.39 is 6.04 Å². The summed E-state index contributed by atoms with van der Waals surface area (Å²) in [6.07, 6.45) is 2.74. The third kappa shape index (κ3) is 3.82. The summed E-state index contributed by atoms with van der Waals surface area (Å²) < 4.78 is 5.18. The number of amides is 1. The smallest absolute Gasteiger partial charge is 0.250 e. The molecule has 152 valence electrons. The molecule has 0 N–H and O–H groups in total. The second kappa shape index (κ2) is 8.21. The summed E-state index contributed by atoms with van der Waals surface area (Å²) in [6, 6.07) is 13.3. The SMILES string of the molecule is COc1ccc(C2=NC(C(=O)N3CCCN(C)C3)C(C)N2c2ccccc2)cn1. The summed E-state index contributed by atoms with van der Waals surface area (Å²) in [6.45, 7) is 4.53. The molecule has 0 aliphatic carbocycles. The molecule has 0 radical (unpaired) electrons. The van der Waals surface area contributed by atoms with Crippen molar-refractivity contribution < 1.29 is 9.53 Å². The number of amidine groups is 1. The second-order valence-corrected chi connectivity index (χ2v) is 7.61. The van der Waals surface area contributed by atoms with E-state index in [0.717, 1.165) is 36.6 Å². The standard InChI is InChI=1S/C22H27N5O2/c1-16-20(22(28)26-13-7-12-25(2)15-26)24-21(17-10-11-19(29-3)23-14-17)27(16)18-8-5-4-6-9-18/h4-6,8-11,14,16,20H,7,12-13,15H2,1-3H3. The van der Waals surface area contributed by atoms with Crippen LogP contribution in [0.4, 0.5) is 5.69 Å². The summed E-state index contributed by atoms with van der Waals surface area (Å²) >= 11 is 0. The monoisotopic (exact) mass is 393 g/mol. The van der Waals surface area contributed by atoms with Gasteiger partial charge in [0.05, 0.1) is 19.8 Å². The summed E-state index contributed by atoms with van der Waals surface area (Å²) in [5, 5.41) is 0. The Morgan fingerprint density at radius 2 is 1.93 bits per heavy atom. The van der Waals surface area contributed by atoms with Gasteiger partial charge in [0.1, 0.15) is 5.84 Å². The number of carbonyl (C=O) groups is 1. The molecule has 2 aromatic rings. The Balaban J connectivity index is 1.69. The van der Waals surface area contributed by atoms with Crippen molar-refractivity contribution in [1.29, 1.82) is 0 Å². The first-order valence-electron chi connectivity index (χ1n) is 9.98. The highest BCUT2D eigenvalue weighted by Crippen LogP contribution is 2.29. The molecule has 0 spiro atoms. The minimum absolute atomic E-state index is 0.0847. The van der Waals surface area contributed by atoms with Gasteiger partial charge in [-0.1, -0.05) is 18.2 Å². The maximum atomic E-state index is 13.3. The van der Waals surface area contributed by atoms with Crippen molar-refractivity contribution in [3.63, 3.8) is 0 Å². The Bertz CT molecular complexity index is 884. The van der Waals surface area contributed by atoms with Crippen LogP contribution in [0.15, 0.2) is 53.7 Å². The highest BCUT2D eigenvalue weighted by atomic mass is 16.5. The van der Waals surface area contributed by atoms with Gasteiger partial charge in [0.2, 0.25) is 5.88 Å². The number of hydrogen-bond donors (Lipinski definition) is 0. The van der Waals surface area contributed by atoms with Gasteiger partial charge in [-0.25, -0.2) is 4.98 Å². The fourth-order valence-corrected chi connectivity index (χ4v) is 4.02. The van der Waals surface area contributed by atoms with Crippen LogP contribution in [-0.4, -0.2) is 72.5 Å². The van der Waals surface area contributed by atoms with Gasteiger partial charge in [-0.05, 0) is 38.6 Å². The van der Waals surface area contributed by atoms with E-state index in [4.69, 9.17) is 9.73 Å². The van der Waals surface area contributed by atoms with Crippen molar-refractivity contribution >= 4 is 17.4 Å². The third-order valence-electron chi connectivity index (χ3n) is 5.54. The van der Waals surface area contributed by atoms with Crippen molar-refractivity contribution in [2.75, 3.05) is 38.8 Å². The van der Waals surface area contributed by atoms with Crippen LogP contribution in [0.3, 0.4) is 0 Å². The van der Waals surface area contributed by atoms with Gasteiger partial charge in [-0.3, -0.25) is 14.7 Å². The molecule has 4 rings (SSSR count). The number of para-hydroxylation sites is 1. The number of methoxy groups -OCH3 is 1. The van der Waals surface area contributed by atoms with E-state index in [1.54, 1.807) is 13.3 Å². The van der Waals surface area contributed by atoms with Gasteiger partial charge in [-0.15, -0.1) is 0 Å². The van der Waals surface area contributed by atoms with Crippen molar-refractivity contribution in [3.05, 3.63) is 54.2 Å². The number of nitrogens with zero attached hydrogens (tertiary/aromatic N) is 5. The maximum Gasteiger partial charge on any atom is 0.250 e. The highest BCUT2D eigenvalue weighted by Gasteiger charge is 2.41. The van der Waals surface area contributed by atoms with Gasteiger partial charge in [0, 0.05) is 36.6 Å². The zero-order valence-corrected chi connectivity index (χ0v) is 17.2. The predicted octanol–water partition coefficient (Wildman–Crippen LogP) is 2.24. The zero-order chi connectivity index (χ0) is 20.4. The molecule has 1 fully saturated rings. The topological polar surface area (TPSA) is 61.3 Å². The molecule has 1 saturated heterocycles. The summed E-state index contributed by atoms with van der Waals surface area (Å²) in [7, 11) is 3.64. The van der Waals surface area contributed by atoms with Gasteiger partial charge in [0.25, 0.3) is 5.91 Å². The molecular weight excluding hydrogens is 366 g/mol. The number of hydrogen-bond acceptors (Lipinski definition) is 6. The minimum Gasteiger partial charge on any atom is -0.481 e. The first kappa shape index (κ1) is 19.4. The van der Waals surface area contributed by atoms with E-state index >= 15 is 0 Å². The Hall–Kier alpha value is -2.93. The van der Waals surface area contributed by atoms with E-state index in [1.807, 2.05) is 54.4 Å². The van der Waals surface area contributed by atoms with Gasteiger partial charge in [-0.2, -0.15) is 0 Å². The number of anilines is 1. The predicted molar refractivity (Wildman–Crippen MR) is 113 cm³/mol. The molecule has 0 bridgehead atoms. The second-order valence-electron chi connectivity index (χ2n) is 7.61. The Morgan fingerprint density at radius 3 is 2.59 bits per heavy atom.